The average molecular weight is 376 g/mol. The first-order chi connectivity index (χ1) is 11.8. The smallest absolute Gasteiger partial charge is 0.435 e. The molecule has 0 fully saturated rings. The molecule has 1 aromatic rings. The summed E-state index contributed by atoms with van der Waals surface area (Å²) in [4.78, 5) is 11.8. The van der Waals surface area contributed by atoms with E-state index in [2.05, 4.69) is 15.2 Å². The van der Waals surface area contributed by atoms with Gasteiger partial charge in [-0.2, -0.15) is 18.3 Å². The normalized spacial score (nSPS) is 17.9. The van der Waals surface area contributed by atoms with Gasteiger partial charge in [0.25, 0.3) is 0 Å². The number of halogens is 4. The summed E-state index contributed by atoms with van der Waals surface area (Å²) in [6, 6.07) is 0.687. The number of esters is 1. The van der Waals surface area contributed by atoms with E-state index in [-0.39, 0.29) is 17.7 Å². The Morgan fingerprint density at radius 2 is 2.24 bits per heavy atom. The van der Waals surface area contributed by atoms with E-state index in [1.54, 1.807) is 18.4 Å². The third-order valence-corrected chi connectivity index (χ3v) is 3.82. The fourth-order valence-electron chi connectivity index (χ4n) is 2.14. The Bertz CT molecular complexity index is 735. The fourth-order valence-corrected chi connectivity index (χ4v) is 2.34. The van der Waals surface area contributed by atoms with Crippen LogP contribution in [0, 0.1) is 0 Å². The van der Waals surface area contributed by atoms with Gasteiger partial charge in [-0.05, 0) is 12.0 Å². The standard InChI is InChI=1S/C16H17ClF3N3O2/c1-3-4-10(5-6-11-8-21-14(11)17)9-23-12(15(24)25-2)7-13(22-23)16(18,19)20/h4-8,14,21H,3,9H2,1-2H3/b6-5-,10-4+/t14-/m0/s1. The van der Waals surface area contributed by atoms with E-state index in [9.17, 15) is 18.0 Å². The van der Waals surface area contributed by atoms with Crippen LogP contribution in [0.2, 0.25) is 0 Å². The van der Waals surface area contributed by atoms with Gasteiger partial charge in [0.05, 0.1) is 13.7 Å². The van der Waals surface area contributed by atoms with Crippen molar-refractivity contribution in [3.05, 3.63) is 53.0 Å². The number of aromatic nitrogens is 2. The molecule has 0 aromatic carbocycles. The van der Waals surface area contributed by atoms with Crippen molar-refractivity contribution < 1.29 is 22.7 Å². The molecule has 1 aliphatic heterocycles. The van der Waals surface area contributed by atoms with Crippen molar-refractivity contribution in [1.82, 2.24) is 15.1 Å². The van der Waals surface area contributed by atoms with E-state index in [0.717, 1.165) is 17.4 Å². The number of rotatable bonds is 6. The molecule has 1 N–H and O–H groups in total. The molecule has 0 amide bonds. The molecule has 2 heterocycles. The zero-order chi connectivity index (χ0) is 18.6. The molecule has 2 rings (SSSR count). The maximum absolute atomic E-state index is 12.9. The van der Waals surface area contributed by atoms with Crippen molar-refractivity contribution in [2.75, 3.05) is 7.11 Å². The lowest BCUT2D eigenvalue weighted by Crippen LogP contribution is -2.29. The minimum atomic E-state index is -4.65. The lowest BCUT2D eigenvalue weighted by Gasteiger charge is -2.20. The van der Waals surface area contributed by atoms with Gasteiger partial charge in [0.2, 0.25) is 0 Å². The lowest BCUT2D eigenvalue weighted by atomic mass is 10.1. The minimum absolute atomic E-state index is 0.00147. The summed E-state index contributed by atoms with van der Waals surface area (Å²) in [7, 11) is 1.10. The number of hydrogen-bond acceptors (Lipinski definition) is 4. The van der Waals surface area contributed by atoms with Crippen LogP contribution < -0.4 is 5.32 Å². The van der Waals surface area contributed by atoms with Crippen molar-refractivity contribution in [2.24, 2.45) is 0 Å². The number of nitrogens with zero attached hydrogens (tertiary/aromatic N) is 2. The summed E-state index contributed by atoms with van der Waals surface area (Å²) in [6.45, 7) is 1.90. The number of methoxy groups -OCH3 is 1. The van der Waals surface area contributed by atoms with Gasteiger partial charge in [0.15, 0.2) is 5.69 Å². The number of allylic oxidation sites excluding steroid dienone is 3. The number of hydrogen-bond donors (Lipinski definition) is 1. The molecule has 5 nitrogen and oxygen atoms in total. The number of carbonyl (C=O) groups excluding carboxylic acids is 1. The maximum Gasteiger partial charge on any atom is 0.435 e. The van der Waals surface area contributed by atoms with Gasteiger partial charge >= 0.3 is 12.1 Å². The largest absolute Gasteiger partial charge is 0.464 e. The molecular formula is C16H17ClF3N3O2. The first-order valence-corrected chi connectivity index (χ1v) is 7.90. The number of ether oxygens (including phenoxy) is 1. The van der Waals surface area contributed by atoms with Crippen molar-refractivity contribution in [3.8, 4) is 0 Å². The topological polar surface area (TPSA) is 56.2 Å². The van der Waals surface area contributed by atoms with Crippen LogP contribution in [0.3, 0.4) is 0 Å². The molecule has 0 radical (unpaired) electrons. The number of nitrogens with one attached hydrogen (secondary N) is 1. The maximum atomic E-state index is 12.9. The van der Waals surface area contributed by atoms with Crippen molar-refractivity contribution >= 4 is 17.6 Å². The van der Waals surface area contributed by atoms with E-state index < -0.39 is 17.8 Å². The van der Waals surface area contributed by atoms with E-state index in [1.165, 1.54) is 0 Å². The summed E-state index contributed by atoms with van der Waals surface area (Å²) in [5, 5.41) is 6.36. The SMILES string of the molecule is CC/C=C(\C=C/C1=CN[C@@H]1Cl)Cn1nc(C(F)(F)F)cc1C(=O)OC. The molecule has 0 saturated carbocycles. The average Bonchev–Trinajstić information content (AvgIpc) is 2.97. The Morgan fingerprint density at radius 1 is 1.52 bits per heavy atom. The zero-order valence-corrected chi connectivity index (χ0v) is 14.4. The van der Waals surface area contributed by atoms with Crippen LogP contribution in [-0.4, -0.2) is 28.4 Å². The number of carbonyl (C=O) groups is 1. The Labute approximate surface area is 147 Å². The molecule has 0 spiro atoms. The van der Waals surface area contributed by atoms with E-state index in [1.807, 2.05) is 13.0 Å². The second-order valence-corrected chi connectivity index (χ2v) is 5.69. The Kier molecular flexibility index (Phi) is 5.94. The molecule has 0 saturated heterocycles. The van der Waals surface area contributed by atoms with Gasteiger partial charge in [0, 0.05) is 17.8 Å². The van der Waals surface area contributed by atoms with E-state index >= 15 is 0 Å². The molecule has 0 unspecified atom stereocenters. The molecule has 0 aliphatic carbocycles. The Balaban J connectivity index is 2.30. The highest BCUT2D eigenvalue weighted by Crippen LogP contribution is 2.29. The zero-order valence-electron chi connectivity index (χ0n) is 13.6. The predicted molar refractivity (Wildman–Crippen MR) is 86.9 cm³/mol. The molecule has 136 valence electrons. The van der Waals surface area contributed by atoms with Gasteiger partial charge in [-0.3, -0.25) is 4.68 Å². The fraction of sp³-hybridized carbons (Fsp3) is 0.375. The monoisotopic (exact) mass is 375 g/mol. The molecule has 1 aliphatic rings. The summed E-state index contributed by atoms with van der Waals surface area (Å²) in [6.07, 6.45) is 3.09. The summed E-state index contributed by atoms with van der Waals surface area (Å²) in [5.41, 5.74) is -0.134. The quantitative estimate of drug-likeness (QED) is 0.357. The summed E-state index contributed by atoms with van der Waals surface area (Å²) < 4.78 is 44.2. The Hall–Kier alpha value is -2.22. The van der Waals surface area contributed by atoms with Crippen molar-refractivity contribution in [3.63, 3.8) is 0 Å². The molecule has 9 heteroatoms. The van der Waals surface area contributed by atoms with Gasteiger partial charge in [-0.25, -0.2) is 4.79 Å². The van der Waals surface area contributed by atoms with Crippen LogP contribution in [0.1, 0.15) is 29.5 Å². The third kappa shape index (κ3) is 4.66. The second kappa shape index (κ2) is 7.77. The summed E-state index contributed by atoms with van der Waals surface area (Å²) in [5.74, 6) is -0.880. The van der Waals surface area contributed by atoms with Crippen LogP contribution in [0.5, 0.6) is 0 Å². The van der Waals surface area contributed by atoms with Gasteiger partial charge in [-0.1, -0.05) is 36.8 Å². The van der Waals surface area contributed by atoms with E-state index in [4.69, 9.17) is 11.6 Å². The van der Waals surface area contributed by atoms with Crippen LogP contribution in [0.25, 0.3) is 0 Å². The first-order valence-electron chi connectivity index (χ1n) is 7.47. The summed E-state index contributed by atoms with van der Waals surface area (Å²) >= 11 is 5.92. The predicted octanol–water partition coefficient (Wildman–Crippen LogP) is 3.63. The molecule has 1 atom stereocenters. The molecular weight excluding hydrogens is 359 g/mol. The van der Waals surface area contributed by atoms with Crippen LogP contribution in [0.4, 0.5) is 13.2 Å². The number of alkyl halides is 4. The molecule has 0 bridgehead atoms. The second-order valence-electron chi connectivity index (χ2n) is 5.26. The third-order valence-electron chi connectivity index (χ3n) is 3.44. The highest BCUT2D eigenvalue weighted by Gasteiger charge is 2.36. The van der Waals surface area contributed by atoms with Crippen LogP contribution >= 0.6 is 11.6 Å². The lowest BCUT2D eigenvalue weighted by molar-refractivity contribution is -0.141. The van der Waals surface area contributed by atoms with Crippen molar-refractivity contribution in [1.29, 1.82) is 0 Å². The van der Waals surface area contributed by atoms with Gasteiger partial charge in [-0.15, -0.1) is 0 Å². The molecule has 1 aromatic heterocycles. The highest BCUT2D eigenvalue weighted by atomic mass is 35.5. The highest BCUT2D eigenvalue weighted by molar-refractivity contribution is 6.23. The van der Waals surface area contributed by atoms with Gasteiger partial charge < -0.3 is 10.1 Å². The van der Waals surface area contributed by atoms with E-state index in [0.29, 0.717) is 18.1 Å². The minimum Gasteiger partial charge on any atom is -0.464 e. The first kappa shape index (κ1) is 19.1. The Morgan fingerprint density at radius 3 is 2.72 bits per heavy atom. The van der Waals surface area contributed by atoms with Crippen LogP contribution in [0.15, 0.2) is 41.6 Å². The van der Waals surface area contributed by atoms with Gasteiger partial charge in [0.1, 0.15) is 11.2 Å². The van der Waals surface area contributed by atoms with Crippen LogP contribution in [-0.2, 0) is 17.5 Å². The molecule has 25 heavy (non-hydrogen) atoms. The van der Waals surface area contributed by atoms with Crippen molar-refractivity contribution in [2.45, 2.75) is 31.6 Å².